The summed E-state index contributed by atoms with van der Waals surface area (Å²) in [6.45, 7) is 1.98. The molecule has 0 saturated heterocycles. The molecule has 1 aliphatic carbocycles. The Bertz CT molecular complexity index is 1380. The number of carbonyl (C=O) groups is 4. The summed E-state index contributed by atoms with van der Waals surface area (Å²) in [6, 6.07) is 18.3. The van der Waals surface area contributed by atoms with Crippen molar-refractivity contribution >= 4 is 31.7 Å². The number of phosphoric acid groups is 1. The van der Waals surface area contributed by atoms with Gasteiger partial charge in [0.15, 0.2) is 0 Å². The second kappa shape index (κ2) is 17.1. The molecule has 0 bridgehead atoms. The van der Waals surface area contributed by atoms with Crippen molar-refractivity contribution in [3.63, 3.8) is 0 Å². The minimum absolute atomic E-state index is 0.00564. The van der Waals surface area contributed by atoms with Crippen LogP contribution in [0.2, 0.25) is 0 Å². The molecule has 1 fully saturated rings. The number of nitrogens with one attached hydrogen (secondary N) is 1. The van der Waals surface area contributed by atoms with Crippen LogP contribution < -0.4 is 5.32 Å². The Balaban J connectivity index is 1.64. The molecule has 2 atom stereocenters. The molecule has 264 valence electrons. The molecule has 14 nitrogen and oxygen atoms in total. The molecular weight excluding hydrogens is 647 g/mol. The van der Waals surface area contributed by atoms with E-state index in [1.807, 2.05) is 36.4 Å². The number of benzene rings is 2. The Morgan fingerprint density at radius 1 is 0.917 bits per heavy atom. The van der Waals surface area contributed by atoms with Crippen LogP contribution in [0.5, 0.6) is 0 Å². The van der Waals surface area contributed by atoms with E-state index in [1.54, 1.807) is 13.8 Å². The molecule has 0 heterocycles. The molecular formula is C33H45N2O12P. The Morgan fingerprint density at radius 2 is 1.44 bits per heavy atom. The smallest absolute Gasteiger partial charge is 0.472 e. The van der Waals surface area contributed by atoms with Crippen LogP contribution in [0.3, 0.4) is 0 Å². The molecule has 0 aliphatic heterocycles. The standard InChI is InChI=1S/C33H45N2O12P/c1-32(2,21-34-29(30(40)41)31(42)43)22-35(19-28(38)39)18-23(17-27(36)37)20-46-48(44,45)47-26-13-15-33(16-14-26,24-9-5-3-6-10-24)25-11-7-4-8-12-25/h3-12,23,26,29,34H,13-22H2,1-2H3,(H,36,37)(H,38,39)(H,40,41)(H,42,43)(H,44,45). The number of aliphatic carboxylic acids is 4. The largest absolute Gasteiger partial charge is 0.481 e. The number of carboxylic acid groups (broad SMARTS) is 4. The van der Waals surface area contributed by atoms with E-state index in [0.29, 0.717) is 25.7 Å². The van der Waals surface area contributed by atoms with Crippen molar-refractivity contribution in [1.29, 1.82) is 0 Å². The number of nitrogens with zero attached hydrogens (tertiary/aromatic N) is 1. The summed E-state index contributed by atoms with van der Waals surface area (Å²) >= 11 is 0. The van der Waals surface area contributed by atoms with Crippen LogP contribution in [0.4, 0.5) is 0 Å². The third kappa shape index (κ3) is 11.8. The first kappa shape index (κ1) is 38.8. The van der Waals surface area contributed by atoms with Gasteiger partial charge in [-0.3, -0.25) is 28.9 Å². The van der Waals surface area contributed by atoms with Gasteiger partial charge in [0.2, 0.25) is 6.04 Å². The molecule has 2 aromatic rings. The van der Waals surface area contributed by atoms with Crippen LogP contribution in [0.15, 0.2) is 60.7 Å². The van der Waals surface area contributed by atoms with E-state index < -0.39 is 74.8 Å². The number of carboxylic acids is 4. The van der Waals surface area contributed by atoms with E-state index in [1.165, 1.54) is 4.90 Å². The average Bonchev–Trinajstić information content (AvgIpc) is 3.00. The van der Waals surface area contributed by atoms with Gasteiger partial charge in [-0.1, -0.05) is 74.5 Å². The summed E-state index contributed by atoms with van der Waals surface area (Å²) < 4.78 is 23.9. The van der Waals surface area contributed by atoms with Crippen molar-refractivity contribution in [2.24, 2.45) is 11.3 Å². The van der Waals surface area contributed by atoms with Crippen molar-refractivity contribution < 1.29 is 58.1 Å². The lowest BCUT2D eigenvalue weighted by molar-refractivity contribution is -0.151. The molecule has 2 aromatic carbocycles. The highest BCUT2D eigenvalue weighted by molar-refractivity contribution is 7.47. The highest BCUT2D eigenvalue weighted by Crippen LogP contribution is 2.51. The van der Waals surface area contributed by atoms with Gasteiger partial charge in [-0.25, -0.2) is 14.2 Å². The fourth-order valence-electron chi connectivity index (χ4n) is 6.35. The first-order valence-electron chi connectivity index (χ1n) is 15.6. The summed E-state index contributed by atoms with van der Waals surface area (Å²) in [7, 11) is -4.65. The van der Waals surface area contributed by atoms with Gasteiger partial charge in [0, 0.05) is 31.0 Å². The van der Waals surface area contributed by atoms with Gasteiger partial charge < -0.3 is 25.3 Å². The number of hydrogen-bond acceptors (Lipinski definition) is 9. The lowest BCUT2D eigenvalue weighted by Gasteiger charge is -2.41. The first-order chi connectivity index (χ1) is 22.5. The average molecular weight is 693 g/mol. The zero-order valence-corrected chi connectivity index (χ0v) is 28.0. The fourth-order valence-corrected chi connectivity index (χ4v) is 7.40. The maximum atomic E-state index is 13.1. The van der Waals surface area contributed by atoms with Crippen LogP contribution in [-0.4, -0.2) is 99.0 Å². The van der Waals surface area contributed by atoms with Gasteiger partial charge in [-0.15, -0.1) is 0 Å². The molecule has 15 heteroatoms. The predicted octanol–water partition coefficient (Wildman–Crippen LogP) is 3.68. The quantitative estimate of drug-likeness (QED) is 0.0861. The molecule has 1 aliphatic rings. The van der Waals surface area contributed by atoms with Gasteiger partial charge in [0.25, 0.3) is 0 Å². The minimum Gasteiger partial charge on any atom is -0.481 e. The summed E-state index contributed by atoms with van der Waals surface area (Å²) in [4.78, 5) is 57.8. The molecule has 1 saturated carbocycles. The minimum atomic E-state index is -4.65. The second-order valence-electron chi connectivity index (χ2n) is 13.1. The number of phosphoric ester groups is 1. The Morgan fingerprint density at radius 3 is 1.90 bits per heavy atom. The summed E-state index contributed by atoms with van der Waals surface area (Å²) in [5, 5.41) is 39.7. The summed E-state index contributed by atoms with van der Waals surface area (Å²) in [6.07, 6.45) is 1.15. The third-order valence-corrected chi connectivity index (χ3v) is 9.50. The topological polar surface area (TPSA) is 220 Å². The van der Waals surface area contributed by atoms with Gasteiger partial charge in [-0.05, 0) is 42.2 Å². The Kier molecular flexibility index (Phi) is 13.9. The van der Waals surface area contributed by atoms with Crippen molar-refractivity contribution in [3.05, 3.63) is 71.8 Å². The molecule has 48 heavy (non-hydrogen) atoms. The lowest BCUT2D eigenvalue weighted by atomic mass is 9.65. The fraction of sp³-hybridized carbons (Fsp3) is 0.515. The predicted molar refractivity (Wildman–Crippen MR) is 173 cm³/mol. The molecule has 6 N–H and O–H groups in total. The normalized spacial score (nSPS) is 17.1. The first-order valence-corrected chi connectivity index (χ1v) is 17.1. The molecule has 0 aromatic heterocycles. The van der Waals surface area contributed by atoms with Gasteiger partial charge >= 0.3 is 31.7 Å². The van der Waals surface area contributed by atoms with Gasteiger partial charge in [-0.2, -0.15) is 0 Å². The summed E-state index contributed by atoms with van der Waals surface area (Å²) in [5.74, 6) is -6.55. The van der Waals surface area contributed by atoms with Crippen molar-refractivity contribution in [2.45, 2.75) is 63.5 Å². The highest BCUT2D eigenvalue weighted by Gasteiger charge is 2.41. The monoisotopic (exact) mass is 692 g/mol. The summed E-state index contributed by atoms with van der Waals surface area (Å²) in [5.41, 5.74) is 1.12. The van der Waals surface area contributed by atoms with Gasteiger partial charge in [0.05, 0.1) is 25.7 Å². The van der Waals surface area contributed by atoms with E-state index in [0.717, 1.165) is 11.1 Å². The second-order valence-corrected chi connectivity index (χ2v) is 14.5. The van der Waals surface area contributed by atoms with E-state index in [4.69, 9.17) is 19.3 Å². The molecule has 0 amide bonds. The van der Waals surface area contributed by atoms with Crippen molar-refractivity contribution in [2.75, 3.05) is 32.8 Å². The lowest BCUT2D eigenvalue weighted by Crippen LogP contribution is -2.50. The maximum absolute atomic E-state index is 13.1. The van der Waals surface area contributed by atoms with Crippen LogP contribution in [0.25, 0.3) is 0 Å². The molecule has 2 unspecified atom stereocenters. The van der Waals surface area contributed by atoms with Crippen LogP contribution in [-0.2, 0) is 38.2 Å². The van der Waals surface area contributed by atoms with Crippen LogP contribution in [0, 0.1) is 11.3 Å². The van der Waals surface area contributed by atoms with E-state index in [9.17, 15) is 38.8 Å². The zero-order chi connectivity index (χ0) is 35.5. The zero-order valence-electron chi connectivity index (χ0n) is 27.1. The maximum Gasteiger partial charge on any atom is 0.472 e. The SMILES string of the molecule is CC(C)(CNC(C(=O)O)C(=O)O)CN(CC(=O)O)CC(COP(=O)(O)OC1CCC(c2ccccc2)(c2ccccc2)CC1)CC(=O)O. The Hall–Kier alpha value is -3.65. The Labute approximate surface area is 279 Å². The van der Waals surface area contributed by atoms with Crippen LogP contribution in [0.1, 0.15) is 57.1 Å². The van der Waals surface area contributed by atoms with Crippen LogP contribution >= 0.6 is 7.82 Å². The van der Waals surface area contributed by atoms with Crippen molar-refractivity contribution in [3.8, 4) is 0 Å². The van der Waals surface area contributed by atoms with Gasteiger partial charge in [0.1, 0.15) is 0 Å². The van der Waals surface area contributed by atoms with E-state index in [-0.39, 0.29) is 25.0 Å². The molecule has 3 rings (SSSR count). The van der Waals surface area contributed by atoms with Crippen molar-refractivity contribution in [1.82, 2.24) is 10.2 Å². The van der Waals surface area contributed by atoms with E-state index in [2.05, 4.69) is 29.6 Å². The number of rotatable bonds is 20. The number of hydrogen-bond donors (Lipinski definition) is 6. The molecule has 0 radical (unpaired) electrons. The third-order valence-electron chi connectivity index (χ3n) is 8.46. The highest BCUT2D eigenvalue weighted by atomic mass is 31.2. The van der Waals surface area contributed by atoms with E-state index >= 15 is 0 Å². The molecule has 0 spiro atoms.